The first-order valence-corrected chi connectivity index (χ1v) is 8.59. The number of rotatable bonds is 5. The Balaban J connectivity index is 1.78. The van der Waals surface area contributed by atoms with Crippen LogP contribution in [0.2, 0.25) is 0 Å². The van der Waals surface area contributed by atoms with E-state index in [0.29, 0.717) is 0 Å². The number of allylic oxidation sites excluding steroid dienone is 2. The van der Waals surface area contributed by atoms with Crippen LogP contribution in [0.4, 0.5) is 0 Å². The molecule has 1 unspecified atom stereocenters. The molecule has 0 aliphatic carbocycles. The van der Waals surface area contributed by atoms with Crippen LogP contribution in [-0.4, -0.2) is 30.3 Å². The molecule has 0 aromatic heterocycles. The lowest BCUT2D eigenvalue weighted by atomic mass is 9.98. The first-order valence-electron chi connectivity index (χ1n) is 8.59. The Bertz CT molecular complexity index is 807. The Morgan fingerprint density at radius 1 is 1.12 bits per heavy atom. The lowest BCUT2D eigenvalue weighted by molar-refractivity contribution is 0.174. The maximum Gasteiger partial charge on any atom is 0.119 e. The quantitative estimate of drug-likeness (QED) is 0.886. The maximum absolute atomic E-state index is 9.93. The van der Waals surface area contributed by atoms with Gasteiger partial charge in [-0.15, -0.1) is 0 Å². The maximum atomic E-state index is 9.93. The van der Waals surface area contributed by atoms with Crippen molar-refractivity contribution in [3.63, 3.8) is 0 Å². The second-order valence-electron chi connectivity index (χ2n) is 6.45. The number of hydrogen-bond acceptors (Lipinski definition) is 3. The van der Waals surface area contributed by atoms with Gasteiger partial charge in [0.15, 0.2) is 0 Å². The average molecular weight is 335 g/mol. The van der Waals surface area contributed by atoms with Crippen molar-refractivity contribution in [3.05, 3.63) is 83.1 Å². The summed E-state index contributed by atoms with van der Waals surface area (Å²) < 4.78 is 5.31. The van der Waals surface area contributed by atoms with Crippen molar-refractivity contribution in [3.8, 4) is 5.75 Å². The van der Waals surface area contributed by atoms with Gasteiger partial charge in [-0.05, 0) is 59.9 Å². The molecule has 1 N–H and O–H groups in total. The van der Waals surface area contributed by atoms with Crippen molar-refractivity contribution in [2.24, 2.45) is 0 Å². The van der Waals surface area contributed by atoms with Crippen LogP contribution in [0.5, 0.6) is 5.75 Å². The standard InChI is InChI=1S/C22H25NO2/c1-16-7-8-20(13-17(16)2)22(15-24)23-11-9-18(10-12-23)19-5-4-6-21(14-19)25-3/h4-11,13-14,22,24H,12,15H2,1-3H3. The van der Waals surface area contributed by atoms with Crippen molar-refractivity contribution in [1.29, 1.82) is 0 Å². The summed E-state index contributed by atoms with van der Waals surface area (Å²) in [5, 5.41) is 9.93. The lowest BCUT2D eigenvalue weighted by Gasteiger charge is -2.31. The van der Waals surface area contributed by atoms with E-state index in [2.05, 4.69) is 61.4 Å². The zero-order valence-electron chi connectivity index (χ0n) is 15.1. The van der Waals surface area contributed by atoms with Gasteiger partial charge in [-0.25, -0.2) is 0 Å². The van der Waals surface area contributed by atoms with Crippen molar-refractivity contribution >= 4 is 5.57 Å². The van der Waals surface area contributed by atoms with E-state index in [4.69, 9.17) is 4.74 Å². The van der Waals surface area contributed by atoms with E-state index < -0.39 is 0 Å². The van der Waals surface area contributed by atoms with Crippen LogP contribution < -0.4 is 4.74 Å². The third-order valence-corrected chi connectivity index (χ3v) is 4.86. The van der Waals surface area contributed by atoms with Crippen LogP contribution in [0.15, 0.2) is 60.8 Å². The molecule has 0 amide bonds. The number of nitrogens with zero attached hydrogens (tertiary/aromatic N) is 1. The number of aliphatic hydroxyl groups is 1. The van der Waals surface area contributed by atoms with Gasteiger partial charge in [0.05, 0.1) is 19.8 Å². The molecule has 0 saturated heterocycles. The Morgan fingerprint density at radius 2 is 1.96 bits per heavy atom. The Labute approximate surface area is 149 Å². The molecule has 1 aliphatic heterocycles. The summed E-state index contributed by atoms with van der Waals surface area (Å²) >= 11 is 0. The number of aryl methyl sites for hydroxylation is 2. The fourth-order valence-electron chi connectivity index (χ4n) is 3.13. The van der Waals surface area contributed by atoms with Crippen LogP contribution >= 0.6 is 0 Å². The van der Waals surface area contributed by atoms with Gasteiger partial charge >= 0.3 is 0 Å². The van der Waals surface area contributed by atoms with E-state index in [-0.39, 0.29) is 12.6 Å². The number of hydrogen-bond donors (Lipinski definition) is 1. The Kier molecular flexibility index (Phi) is 5.25. The van der Waals surface area contributed by atoms with Gasteiger partial charge in [-0.3, -0.25) is 0 Å². The van der Waals surface area contributed by atoms with Gasteiger partial charge < -0.3 is 14.7 Å². The molecule has 3 heteroatoms. The Morgan fingerprint density at radius 3 is 2.60 bits per heavy atom. The fraction of sp³-hybridized carbons (Fsp3) is 0.273. The van der Waals surface area contributed by atoms with E-state index in [1.54, 1.807) is 7.11 Å². The second-order valence-corrected chi connectivity index (χ2v) is 6.45. The molecule has 1 aliphatic rings. The summed E-state index contributed by atoms with van der Waals surface area (Å²) in [6.45, 7) is 5.08. The van der Waals surface area contributed by atoms with Gasteiger partial charge in [-0.1, -0.05) is 36.4 Å². The summed E-state index contributed by atoms with van der Waals surface area (Å²) in [5.41, 5.74) is 5.99. The van der Waals surface area contributed by atoms with E-state index in [1.807, 2.05) is 18.2 Å². The largest absolute Gasteiger partial charge is 0.497 e. The van der Waals surface area contributed by atoms with E-state index in [1.165, 1.54) is 16.7 Å². The molecule has 2 aromatic rings. The monoisotopic (exact) mass is 335 g/mol. The molecule has 1 atom stereocenters. The van der Waals surface area contributed by atoms with Crippen molar-refractivity contribution in [2.45, 2.75) is 19.9 Å². The summed E-state index contributed by atoms with van der Waals surface area (Å²) in [4.78, 5) is 2.17. The number of methoxy groups -OCH3 is 1. The predicted molar refractivity (Wildman–Crippen MR) is 103 cm³/mol. The first kappa shape index (κ1) is 17.3. The summed E-state index contributed by atoms with van der Waals surface area (Å²) in [6.07, 6.45) is 6.37. The summed E-state index contributed by atoms with van der Waals surface area (Å²) in [6, 6.07) is 14.5. The van der Waals surface area contributed by atoms with E-state index in [9.17, 15) is 5.11 Å². The van der Waals surface area contributed by atoms with Crippen molar-refractivity contribution in [2.75, 3.05) is 20.3 Å². The highest BCUT2D eigenvalue weighted by atomic mass is 16.5. The van der Waals surface area contributed by atoms with Crippen molar-refractivity contribution in [1.82, 2.24) is 4.90 Å². The second kappa shape index (κ2) is 7.58. The van der Waals surface area contributed by atoms with Crippen LogP contribution in [0.3, 0.4) is 0 Å². The first-order chi connectivity index (χ1) is 12.1. The lowest BCUT2D eigenvalue weighted by Crippen LogP contribution is -2.28. The Hall–Kier alpha value is -2.52. The minimum atomic E-state index is -0.0290. The SMILES string of the molecule is COc1cccc(C2=CCN(C(CO)c3ccc(C)c(C)c3)C=C2)c1. The molecule has 1 heterocycles. The summed E-state index contributed by atoms with van der Waals surface area (Å²) in [5.74, 6) is 0.859. The molecule has 0 saturated carbocycles. The van der Waals surface area contributed by atoms with Gasteiger partial charge in [0.1, 0.15) is 5.75 Å². The third-order valence-electron chi connectivity index (χ3n) is 4.86. The van der Waals surface area contributed by atoms with Crippen LogP contribution in [0.1, 0.15) is 28.3 Å². The molecule has 130 valence electrons. The average Bonchev–Trinajstić information content (AvgIpc) is 2.66. The van der Waals surface area contributed by atoms with Gasteiger partial charge in [0, 0.05) is 12.7 Å². The number of aliphatic hydroxyl groups excluding tert-OH is 1. The van der Waals surface area contributed by atoms with Crippen LogP contribution in [0, 0.1) is 13.8 Å². The molecule has 2 aromatic carbocycles. The molecule has 25 heavy (non-hydrogen) atoms. The molecule has 0 radical (unpaired) electrons. The number of ether oxygens (including phenoxy) is 1. The zero-order chi connectivity index (χ0) is 17.8. The number of benzene rings is 2. The highest BCUT2D eigenvalue weighted by Gasteiger charge is 2.19. The highest BCUT2D eigenvalue weighted by Crippen LogP contribution is 2.28. The molecular formula is C22H25NO2. The molecule has 0 bridgehead atoms. The minimum Gasteiger partial charge on any atom is -0.497 e. The molecule has 3 nitrogen and oxygen atoms in total. The molecule has 0 fully saturated rings. The van der Waals surface area contributed by atoms with Gasteiger partial charge in [-0.2, -0.15) is 0 Å². The van der Waals surface area contributed by atoms with Gasteiger partial charge in [0.25, 0.3) is 0 Å². The normalized spacial score (nSPS) is 15.0. The smallest absolute Gasteiger partial charge is 0.119 e. The molecule has 3 rings (SSSR count). The minimum absolute atomic E-state index is 0.0290. The molecule has 0 spiro atoms. The van der Waals surface area contributed by atoms with E-state index in [0.717, 1.165) is 23.4 Å². The highest BCUT2D eigenvalue weighted by molar-refractivity contribution is 5.75. The fourth-order valence-corrected chi connectivity index (χ4v) is 3.13. The zero-order valence-corrected chi connectivity index (χ0v) is 15.1. The van der Waals surface area contributed by atoms with Crippen molar-refractivity contribution < 1.29 is 9.84 Å². The third kappa shape index (κ3) is 3.77. The predicted octanol–water partition coefficient (Wildman–Crippen LogP) is 4.26. The topological polar surface area (TPSA) is 32.7 Å². The molecular weight excluding hydrogens is 310 g/mol. The van der Waals surface area contributed by atoms with Crippen LogP contribution in [-0.2, 0) is 0 Å². The van der Waals surface area contributed by atoms with Crippen LogP contribution in [0.25, 0.3) is 5.57 Å². The van der Waals surface area contributed by atoms with Gasteiger partial charge in [0.2, 0.25) is 0 Å². The summed E-state index contributed by atoms with van der Waals surface area (Å²) in [7, 11) is 1.68. The van der Waals surface area contributed by atoms with E-state index >= 15 is 0 Å².